The van der Waals surface area contributed by atoms with Gasteiger partial charge in [0.1, 0.15) is 12.4 Å². The summed E-state index contributed by atoms with van der Waals surface area (Å²) in [5, 5.41) is 12.6. The fraction of sp³-hybridized carbons (Fsp3) is 0.133. The Morgan fingerprint density at radius 1 is 1.26 bits per heavy atom. The molecule has 1 N–H and O–H groups in total. The van der Waals surface area contributed by atoms with Crippen LogP contribution >= 0.6 is 11.6 Å². The van der Waals surface area contributed by atoms with Crippen molar-refractivity contribution in [2.75, 3.05) is 0 Å². The van der Waals surface area contributed by atoms with Crippen LogP contribution in [-0.2, 0) is 17.9 Å². The van der Waals surface area contributed by atoms with Gasteiger partial charge in [0.25, 0.3) is 5.69 Å². The quantitative estimate of drug-likeness (QED) is 0.663. The monoisotopic (exact) mass is 338 g/mol. The summed E-state index contributed by atoms with van der Waals surface area (Å²) in [7, 11) is 0. The number of benzene rings is 2. The number of amides is 1. The van der Waals surface area contributed by atoms with E-state index >= 15 is 0 Å². The zero-order chi connectivity index (χ0) is 16.8. The Labute approximate surface area is 136 Å². The van der Waals surface area contributed by atoms with Crippen molar-refractivity contribution in [3.8, 4) is 0 Å². The number of carbonyl (C=O) groups is 1. The van der Waals surface area contributed by atoms with E-state index in [1.54, 1.807) is 12.1 Å². The Kier molecular flexibility index (Phi) is 5.48. The Morgan fingerprint density at radius 3 is 2.61 bits per heavy atom. The number of halogens is 2. The van der Waals surface area contributed by atoms with Gasteiger partial charge in [-0.25, -0.2) is 9.18 Å². The molecule has 2 rings (SSSR count). The van der Waals surface area contributed by atoms with Crippen LogP contribution in [0.3, 0.4) is 0 Å². The predicted molar refractivity (Wildman–Crippen MR) is 81.5 cm³/mol. The van der Waals surface area contributed by atoms with Gasteiger partial charge in [-0.3, -0.25) is 10.1 Å². The van der Waals surface area contributed by atoms with E-state index in [0.29, 0.717) is 0 Å². The number of carbonyl (C=O) groups excluding carboxylic acids is 1. The Hall–Kier alpha value is -2.67. The molecule has 0 fully saturated rings. The largest absolute Gasteiger partial charge is 0.445 e. The summed E-state index contributed by atoms with van der Waals surface area (Å²) in [4.78, 5) is 21.6. The van der Waals surface area contributed by atoms with Crippen LogP contribution in [0.25, 0.3) is 0 Å². The van der Waals surface area contributed by atoms with Crippen LogP contribution in [0.4, 0.5) is 14.9 Å². The molecule has 2 aromatic rings. The fourth-order valence-corrected chi connectivity index (χ4v) is 1.99. The van der Waals surface area contributed by atoms with Crippen molar-refractivity contribution in [3.63, 3.8) is 0 Å². The van der Waals surface area contributed by atoms with Gasteiger partial charge < -0.3 is 10.1 Å². The highest BCUT2D eigenvalue weighted by Crippen LogP contribution is 2.28. The molecule has 2 aromatic carbocycles. The van der Waals surface area contributed by atoms with Crippen molar-refractivity contribution >= 4 is 23.4 Å². The Morgan fingerprint density at radius 2 is 1.96 bits per heavy atom. The molecular weight excluding hydrogens is 327 g/mol. The summed E-state index contributed by atoms with van der Waals surface area (Å²) >= 11 is 5.51. The second-order valence-electron chi connectivity index (χ2n) is 4.58. The van der Waals surface area contributed by atoms with Crippen LogP contribution in [-0.4, -0.2) is 11.0 Å². The lowest BCUT2D eigenvalue weighted by Gasteiger charge is -2.08. The van der Waals surface area contributed by atoms with E-state index in [-0.39, 0.29) is 18.7 Å². The average Bonchev–Trinajstić information content (AvgIpc) is 2.54. The summed E-state index contributed by atoms with van der Waals surface area (Å²) in [6, 6.07) is 11.2. The normalized spacial score (nSPS) is 10.2. The molecule has 120 valence electrons. The van der Waals surface area contributed by atoms with Crippen molar-refractivity contribution in [3.05, 3.63) is 74.5 Å². The highest BCUT2D eigenvalue weighted by atomic mass is 35.5. The lowest BCUT2D eigenvalue weighted by Crippen LogP contribution is -2.23. The minimum absolute atomic E-state index is 0.0851. The Bertz CT molecular complexity index is 725. The van der Waals surface area contributed by atoms with Crippen LogP contribution in [0.2, 0.25) is 5.02 Å². The van der Waals surface area contributed by atoms with E-state index in [2.05, 4.69) is 5.32 Å². The van der Waals surface area contributed by atoms with E-state index in [4.69, 9.17) is 16.3 Å². The maximum Gasteiger partial charge on any atom is 0.407 e. The summed E-state index contributed by atoms with van der Waals surface area (Å²) in [5.74, 6) is -0.921. The van der Waals surface area contributed by atoms with Crippen molar-refractivity contribution in [1.29, 1.82) is 0 Å². The molecule has 8 heteroatoms. The highest BCUT2D eigenvalue weighted by Gasteiger charge is 2.18. The molecule has 0 saturated heterocycles. The molecular formula is C15H12ClFN2O4. The number of hydrogen-bond acceptors (Lipinski definition) is 4. The summed E-state index contributed by atoms with van der Waals surface area (Å²) in [6.45, 7) is -0.0373. The predicted octanol–water partition coefficient (Wildman–Crippen LogP) is 3.81. The van der Waals surface area contributed by atoms with Crippen LogP contribution < -0.4 is 5.32 Å². The summed E-state index contributed by atoms with van der Waals surface area (Å²) in [5.41, 5.74) is 0.465. The SMILES string of the molecule is O=C(NCc1cc(F)c(Cl)c([N+](=O)[O-])c1)OCc1ccccc1. The summed E-state index contributed by atoms with van der Waals surface area (Å²) < 4.78 is 18.5. The summed E-state index contributed by atoms with van der Waals surface area (Å²) in [6.07, 6.45) is -0.716. The van der Waals surface area contributed by atoms with Gasteiger partial charge in [-0.15, -0.1) is 0 Å². The third-order valence-electron chi connectivity index (χ3n) is 2.92. The molecule has 6 nitrogen and oxygen atoms in total. The molecule has 0 heterocycles. The van der Waals surface area contributed by atoms with Crippen LogP contribution in [0.1, 0.15) is 11.1 Å². The number of hydrogen-bond donors (Lipinski definition) is 1. The molecule has 0 saturated carbocycles. The van der Waals surface area contributed by atoms with E-state index in [1.807, 2.05) is 18.2 Å². The number of nitrogens with one attached hydrogen (secondary N) is 1. The number of nitro groups is 1. The molecule has 0 atom stereocenters. The molecule has 0 aliphatic carbocycles. The van der Waals surface area contributed by atoms with Crippen molar-refractivity contribution < 1.29 is 18.8 Å². The molecule has 23 heavy (non-hydrogen) atoms. The third-order valence-corrected chi connectivity index (χ3v) is 3.29. The molecule has 0 unspecified atom stereocenters. The van der Waals surface area contributed by atoms with E-state index in [9.17, 15) is 19.3 Å². The molecule has 0 spiro atoms. The maximum atomic E-state index is 13.5. The number of ether oxygens (including phenoxy) is 1. The first-order valence-electron chi connectivity index (χ1n) is 6.54. The zero-order valence-electron chi connectivity index (χ0n) is 11.8. The topological polar surface area (TPSA) is 81.5 Å². The first-order valence-corrected chi connectivity index (χ1v) is 6.92. The van der Waals surface area contributed by atoms with Gasteiger partial charge in [-0.2, -0.15) is 0 Å². The molecule has 0 radical (unpaired) electrons. The smallest absolute Gasteiger partial charge is 0.407 e. The van der Waals surface area contributed by atoms with E-state index in [1.165, 1.54) is 0 Å². The standard InChI is InChI=1S/C15H12ClFN2O4/c16-14-12(17)6-11(7-13(14)19(21)22)8-18-15(20)23-9-10-4-2-1-3-5-10/h1-7H,8-9H2,(H,18,20). The van der Waals surface area contributed by atoms with Crippen molar-refractivity contribution in [2.45, 2.75) is 13.2 Å². The first kappa shape index (κ1) is 16.7. The van der Waals surface area contributed by atoms with Gasteiger partial charge in [0.2, 0.25) is 0 Å². The van der Waals surface area contributed by atoms with Crippen LogP contribution in [0.15, 0.2) is 42.5 Å². The van der Waals surface area contributed by atoms with Gasteiger partial charge in [0.15, 0.2) is 5.02 Å². The van der Waals surface area contributed by atoms with Crippen molar-refractivity contribution in [2.24, 2.45) is 0 Å². The molecule has 0 aromatic heterocycles. The zero-order valence-corrected chi connectivity index (χ0v) is 12.5. The van der Waals surface area contributed by atoms with Gasteiger partial charge in [0.05, 0.1) is 4.92 Å². The lowest BCUT2D eigenvalue weighted by molar-refractivity contribution is -0.384. The van der Waals surface area contributed by atoms with Crippen molar-refractivity contribution in [1.82, 2.24) is 5.32 Å². The minimum atomic E-state index is -0.921. The second kappa shape index (κ2) is 7.55. The van der Waals surface area contributed by atoms with E-state index < -0.39 is 27.5 Å². The number of rotatable bonds is 5. The Balaban J connectivity index is 1.93. The third kappa shape index (κ3) is 4.65. The van der Waals surface area contributed by atoms with Gasteiger partial charge in [-0.05, 0) is 17.2 Å². The van der Waals surface area contributed by atoms with Crippen LogP contribution in [0, 0.1) is 15.9 Å². The second-order valence-corrected chi connectivity index (χ2v) is 4.96. The molecule has 0 aliphatic rings. The fourth-order valence-electron chi connectivity index (χ4n) is 1.81. The lowest BCUT2D eigenvalue weighted by atomic mass is 10.2. The maximum absolute atomic E-state index is 13.5. The van der Waals surface area contributed by atoms with Gasteiger partial charge >= 0.3 is 6.09 Å². The number of alkyl carbamates (subject to hydrolysis) is 1. The van der Waals surface area contributed by atoms with Crippen LogP contribution in [0.5, 0.6) is 0 Å². The number of nitrogens with zero attached hydrogens (tertiary/aromatic N) is 1. The minimum Gasteiger partial charge on any atom is -0.445 e. The average molecular weight is 339 g/mol. The highest BCUT2D eigenvalue weighted by molar-refractivity contribution is 6.32. The van der Waals surface area contributed by atoms with Gasteiger partial charge in [-0.1, -0.05) is 41.9 Å². The molecule has 1 amide bonds. The molecule has 0 bridgehead atoms. The number of nitro benzene ring substituents is 1. The van der Waals surface area contributed by atoms with E-state index in [0.717, 1.165) is 17.7 Å². The molecule has 0 aliphatic heterocycles. The first-order chi connectivity index (χ1) is 11.0. The van der Waals surface area contributed by atoms with Gasteiger partial charge in [0, 0.05) is 12.6 Å².